The van der Waals surface area contributed by atoms with Gasteiger partial charge in [-0.2, -0.15) is 0 Å². The summed E-state index contributed by atoms with van der Waals surface area (Å²) in [4.78, 5) is 0. The lowest BCUT2D eigenvalue weighted by molar-refractivity contribution is 0.531. The van der Waals surface area contributed by atoms with Crippen molar-refractivity contribution in [2.24, 2.45) is 11.7 Å². The summed E-state index contributed by atoms with van der Waals surface area (Å²) in [5, 5.41) is 0. The summed E-state index contributed by atoms with van der Waals surface area (Å²) in [5.41, 5.74) is 11.5. The van der Waals surface area contributed by atoms with Crippen LogP contribution in [0.2, 0.25) is 0 Å². The highest BCUT2D eigenvalue weighted by Crippen LogP contribution is 2.18. The molecular formula is C18H23N. The van der Waals surface area contributed by atoms with E-state index in [1.165, 1.54) is 22.3 Å². The molecule has 19 heavy (non-hydrogen) atoms. The summed E-state index contributed by atoms with van der Waals surface area (Å²) in [6, 6.07) is 17.2. The van der Waals surface area contributed by atoms with Gasteiger partial charge in [-0.3, -0.25) is 0 Å². The van der Waals surface area contributed by atoms with Gasteiger partial charge in [0.25, 0.3) is 0 Å². The largest absolute Gasteiger partial charge is 0.330 e. The highest BCUT2D eigenvalue weighted by Gasteiger charge is 2.11. The molecule has 0 aromatic heterocycles. The smallest absolute Gasteiger partial charge is 0.00425 e. The van der Waals surface area contributed by atoms with Crippen LogP contribution in [0.5, 0.6) is 0 Å². The SMILES string of the molecule is Cc1ccccc1CC(CN)Cc1ccccc1C. The second-order valence-electron chi connectivity index (χ2n) is 5.36. The van der Waals surface area contributed by atoms with E-state index in [4.69, 9.17) is 5.73 Å². The van der Waals surface area contributed by atoms with Crippen molar-refractivity contribution in [3.8, 4) is 0 Å². The zero-order chi connectivity index (χ0) is 13.7. The average molecular weight is 253 g/mol. The first-order valence-corrected chi connectivity index (χ1v) is 6.99. The lowest BCUT2D eigenvalue weighted by atomic mass is 9.89. The fraction of sp³-hybridized carbons (Fsp3) is 0.333. The first-order valence-electron chi connectivity index (χ1n) is 6.99. The number of nitrogens with two attached hydrogens (primary N) is 1. The van der Waals surface area contributed by atoms with Gasteiger partial charge < -0.3 is 5.73 Å². The Kier molecular flexibility index (Phi) is 4.75. The fourth-order valence-corrected chi connectivity index (χ4v) is 2.54. The van der Waals surface area contributed by atoms with Crippen LogP contribution in [0, 0.1) is 19.8 Å². The van der Waals surface area contributed by atoms with Crippen molar-refractivity contribution in [3.63, 3.8) is 0 Å². The highest BCUT2D eigenvalue weighted by atomic mass is 14.5. The maximum atomic E-state index is 5.97. The predicted molar refractivity (Wildman–Crippen MR) is 82.3 cm³/mol. The molecule has 2 aromatic rings. The summed E-state index contributed by atoms with van der Waals surface area (Å²) in [6.07, 6.45) is 2.13. The zero-order valence-corrected chi connectivity index (χ0v) is 11.9. The van der Waals surface area contributed by atoms with E-state index in [-0.39, 0.29) is 0 Å². The highest BCUT2D eigenvalue weighted by molar-refractivity contribution is 5.28. The normalized spacial score (nSPS) is 10.9. The van der Waals surface area contributed by atoms with Crippen LogP contribution in [0.25, 0.3) is 0 Å². The van der Waals surface area contributed by atoms with E-state index in [0.29, 0.717) is 5.92 Å². The van der Waals surface area contributed by atoms with Gasteiger partial charge in [-0.05, 0) is 61.4 Å². The first kappa shape index (κ1) is 13.8. The molecule has 0 saturated heterocycles. The second-order valence-corrected chi connectivity index (χ2v) is 5.36. The van der Waals surface area contributed by atoms with Crippen molar-refractivity contribution in [3.05, 3.63) is 70.8 Å². The number of rotatable bonds is 5. The number of aryl methyl sites for hydroxylation is 2. The zero-order valence-electron chi connectivity index (χ0n) is 11.9. The Morgan fingerprint density at radius 2 is 1.21 bits per heavy atom. The summed E-state index contributed by atoms with van der Waals surface area (Å²) in [6.45, 7) is 5.09. The maximum Gasteiger partial charge on any atom is -0.00425 e. The average Bonchev–Trinajstić information content (AvgIpc) is 2.42. The van der Waals surface area contributed by atoms with E-state index in [2.05, 4.69) is 62.4 Å². The molecule has 0 unspecified atom stereocenters. The molecule has 0 spiro atoms. The Bertz CT molecular complexity index is 483. The Balaban J connectivity index is 2.09. The van der Waals surface area contributed by atoms with Crippen molar-refractivity contribution in [1.82, 2.24) is 0 Å². The molecule has 0 bridgehead atoms. The minimum absolute atomic E-state index is 0.516. The number of benzene rings is 2. The van der Waals surface area contributed by atoms with Crippen LogP contribution >= 0.6 is 0 Å². The van der Waals surface area contributed by atoms with Crippen molar-refractivity contribution in [2.45, 2.75) is 26.7 Å². The van der Waals surface area contributed by atoms with Gasteiger partial charge in [0, 0.05) is 0 Å². The van der Waals surface area contributed by atoms with Gasteiger partial charge in [0.1, 0.15) is 0 Å². The van der Waals surface area contributed by atoms with Gasteiger partial charge in [-0.25, -0.2) is 0 Å². The summed E-state index contributed by atoms with van der Waals surface area (Å²) in [7, 11) is 0. The molecule has 0 amide bonds. The first-order chi connectivity index (χ1) is 9.20. The Morgan fingerprint density at radius 1 is 0.789 bits per heavy atom. The molecule has 2 N–H and O–H groups in total. The van der Waals surface area contributed by atoms with E-state index >= 15 is 0 Å². The van der Waals surface area contributed by atoms with Gasteiger partial charge >= 0.3 is 0 Å². The van der Waals surface area contributed by atoms with E-state index in [0.717, 1.165) is 19.4 Å². The molecule has 0 aliphatic carbocycles. The summed E-state index contributed by atoms with van der Waals surface area (Å²) in [5.74, 6) is 0.516. The van der Waals surface area contributed by atoms with Gasteiger partial charge in [0.05, 0.1) is 0 Å². The Morgan fingerprint density at radius 3 is 1.58 bits per heavy atom. The minimum Gasteiger partial charge on any atom is -0.330 e. The molecule has 2 rings (SSSR count). The van der Waals surface area contributed by atoms with Crippen LogP contribution in [0.4, 0.5) is 0 Å². The Hall–Kier alpha value is -1.60. The van der Waals surface area contributed by atoms with E-state index in [1.807, 2.05) is 0 Å². The molecule has 1 nitrogen and oxygen atoms in total. The molecule has 100 valence electrons. The second kappa shape index (κ2) is 6.53. The third-order valence-corrected chi connectivity index (χ3v) is 3.87. The molecule has 0 heterocycles. The molecule has 0 aliphatic heterocycles. The van der Waals surface area contributed by atoms with Crippen LogP contribution in [0.3, 0.4) is 0 Å². The van der Waals surface area contributed by atoms with E-state index < -0.39 is 0 Å². The van der Waals surface area contributed by atoms with E-state index in [1.54, 1.807) is 0 Å². The quantitative estimate of drug-likeness (QED) is 0.864. The monoisotopic (exact) mass is 253 g/mol. The molecule has 0 fully saturated rings. The third-order valence-electron chi connectivity index (χ3n) is 3.87. The van der Waals surface area contributed by atoms with Crippen molar-refractivity contribution in [1.29, 1.82) is 0 Å². The molecule has 0 saturated carbocycles. The fourth-order valence-electron chi connectivity index (χ4n) is 2.54. The molecule has 0 atom stereocenters. The van der Waals surface area contributed by atoms with Crippen LogP contribution in [-0.4, -0.2) is 6.54 Å². The van der Waals surface area contributed by atoms with Gasteiger partial charge in [-0.15, -0.1) is 0 Å². The van der Waals surface area contributed by atoms with E-state index in [9.17, 15) is 0 Å². The van der Waals surface area contributed by atoms with Gasteiger partial charge in [-0.1, -0.05) is 48.5 Å². The van der Waals surface area contributed by atoms with Crippen LogP contribution in [0.15, 0.2) is 48.5 Å². The topological polar surface area (TPSA) is 26.0 Å². The number of hydrogen-bond acceptors (Lipinski definition) is 1. The molecule has 0 aliphatic rings. The summed E-state index contributed by atoms with van der Waals surface area (Å²) >= 11 is 0. The van der Waals surface area contributed by atoms with Crippen LogP contribution < -0.4 is 5.73 Å². The minimum atomic E-state index is 0.516. The van der Waals surface area contributed by atoms with Crippen molar-refractivity contribution in [2.75, 3.05) is 6.54 Å². The Labute approximate surface area is 116 Å². The lowest BCUT2D eigenvalue weighted by Crippen LogP contribution is -2.20. The third kappa shape index (κ3) is 3.68. The molecular weight excluding hydrogens is 230 g/mol. The van der Waals surface area contributed by atoms with Crippen LogP contribution in [-0.2, 0) is 12.8 Å². The predicted octanol–water partition coefficient (Wildman–Crippen LogP) is 3.66. The van der Waals surface area contributed by atoms with Crippen molar-refractivity contribution >= 4 is 0 Å². The summed E-state index contributed by atoms with van der Waals surface area (Å²) < 4.78 is 0. The van der Waals surface area contributed by atoms with Gasteiger partial charge in [0.2, 0.25) is 0 Å². The molecule has 2 aromatic carbocycles. The molecule has 1 heteroatoms. The molecule has 0 radical (unpaired) electrons. The van der Waals surface area contributed by atoms with Crippen molar-refractivity contribution < 1.29 is 0 Å². The van der Waals surface area contributed by atoms with Gasteiger partial charge in [0.15, 0.2) is 0 Å². The lowest BCUT2D eigenvalue weighted by Gasteiger charge is -2.17. The maximum absolute atomic E-state index is 5.97. The standard InChI is InChI=1S/C18H23N/c1-14-7-3-5-9-17(14)11-16(13-19)12-18-10-6-4-8-15(18)2/h3-10,16H,11-13,19H2,1-2H3. The number of hydrogen-bond donors (Lipinski definition) is 1. The van der Waals surface area contributed by atoms with Crippen LogP contribution in [0.1, 0.15) is 22.3 Å².